The van der Waals surface area contributed by atoms with Crippen molar-refractivity contribution >= 4 is 21.8 Å². The van der Waals surface area contributed by atoms with Crippen molar-refractivity contribution in [1.29, 1.82) is 0 Å². The van der Waals surface area contributed by atoms with Crippen LogP contribution in [-0.4, -0.2) is 32.8 Å². The number of carbonyl (C=O) groups excluding carboxylic acids is 1. The van der Waals surface area contributed by atoms with Gasteiger partial charge >= 0.3 is 0 Å². The smallest absolute Gasteiger partial charge is 0.252 e. The summed E-state index contributed by atoms with van der Waals surface area (Å²) in [6, 6.07) is 9.05. The molecule has 0 bridgehead atoms. The van der Waals surface area contributed by atoms with Gasteiger partial charge < -0.3 is 24.3 Å². The van der Waals surface area contributed by atoms with Gasteiger partial charge in [0, 0.05) is 22.0 Å². The Hall–Kier alpha value is -2.41. The molecule has 1 amide bonds. The number of hydrogen-bond donors (Lipinski definition) is 1. The van der Waals surface area contributed by atoms with Gasteiger partial charge in [0.15, 0.2) is 11.5 Å². The van der Waals surface area contributed by atoms with Gasteiger partial charge in [0.1, 0.15) is 19.0 Å². The largest absolute Gasteiger partial charge is 0.493 e. The Morgan fingerprint density at radius 1 is 1.12 bits per heavy atom. The summed E-state index contributed by atoms with van der Waals surface area (Å²) in [5.74, 6) is 2.15. The van der Waals surface area contributed by atoms with Gasteiger partial charge in [-0.25, -0.2) is 0 Å². The Balaban J connectivity index is 1.61. The quantitative estimate of drug-likeness (QED) is 0.824. The standard InChI is InChI=1S/C19H18BrNO5/c1-23-16-8-11(9-17-18(16)26-7-6-25-17)19(22)21-14-4-5-24-15-3-2-12(20)10-13(14)15/h2-3,8-10,14H,4-7H2,1H3,(H,21,22). The molecule has 1 atom stereocenters. The van der Waals surface area contributed by atoms with E-state index in [2.05, 4.69) is 21.2 Å². The molecule has 0 fully saturated rings. The van der Waals surface area contributed by atoms with E-state index in [0.717, 1.165) is 15.8 Å². The van der Waals surface area contributed by atoms with E-state index in [1.807, 2.05) is 18.2 Å². The first-order valence-corrected chi connectivity index (χ1v) is 9.16. The lowest BCUT2D eigenvalue weighted by atomic mass is 10.00. The number of nitrogens with one attached hydrogen (secondary N) is 1. The van der Waals surface area contributed by atoms with Crippen molar-refractivity contribution in [2.24, 2.45) is 0 Å². The Morgan fingerprint density at radius 3 is 2.77 bits per heavy atom. The molecule has 4 rings (SSSR count). The summed E-state index contributed by atoms with van der Waals surface area (Å²) < 4.78 is 23.2. The molecule has 2 heterocycles. The third-order valence-electron chi connectivity index (χ3n) is 4.41. The van der Waals surface area contributed by atoms with E-state index in [1.165, 1.54) is 0 Å². The van der Waals surface area contributed by atoms with Gasteiger partial charge in [-0.1, -0.05) is 15.9 Å². The predicted molar refractivity (Wildman–Crippen MR) is 98.4 cm³/mol. The predicted octanol–water partition coefficient (Wildman–Crippen LogP) is 3.48. The highest BCUT2D eigenvalue weighted by Crippen LogP contribution is 2.41. The first-order valence-electron chi connectivity index (χ1n) is 8.36. The number of fused-ring (bicyclic) bond motifs is 2. The topological polar surface area (TPSA) is 66.0 Å². The molecule has 7 heteroatoms. The third kappa shape index (κ3) is 3.19. The van der Waals surface area contributed by atoms with Crippen LogP contribution in [-0.2, 0) is 0 Å². The van der Waals surface area contributed by atoms with Gasteiger partial charge in [0.2, 0.25) is 5.75 Å². The van der Waals surface area contributed by atoms with E-state index in [1.54, 1.807) is 19.2 Å². The molecular formula is C19H18BrNO5. The normalized spacial score (nSPS) is 17.7. The molecular weight excluding hydrogens is 402 g/mol. The molecule has 0 saturated heterocycles. The average Bonchev–Trinajstić information content (AvgIpc) is 2.67. The molecule has 1 N–H and O–H groups in total. The molecule has 0 saturated carbocycles. The molecule has 0 radical (unpaired) electrons. The lowest BCUT2D eigenvalue weighted by Crippen LogP contribution is -2.32. The zero-order valence-corrected chi connectivity index (χ0v) is 15.8. The number of ether oxygens (including phenoxy) is 4. The number of hydrogen-bond acceptors (Lipinski definition) is 5. The first kappa shape index (κ1) is 17.0. The Kier molecular flexibility index (Phi) is 4.63. The van der Waals surface area contributed by atoms with Crippen LogP contribution in [0.2, 0.25) is 0 Å². The fourth-order valence-electron chi connectivity index (χ4n) is 3.16. The van der Waals surface area contributed by atoms with Crippen molar-refractivity contribution in [3.8, 4) is 23.0 Å². The van der Waals surface area contributed by atoms with E-state index in [-0.39, 0.29) is 11.9 Å². The van der Waals surface area contributed by atoms with E-state index in [0.29, 0.717) is 49.1 Å². The molecule has 0 spiro atoms. The van der Waals surface area contributed by atoms with Gasteiger partial charge in [0.25, 0.3) is 5.91 Å². The summed E-state index contributed by atoms with van der Waals surface area (Å²) in [7, 11) is 1.54. The van der Waals surface area contributed by atoms with Gasteiger partial charge in [-0.2, -0.15) is 0 Å². The van der Waals surface area contributed by atoms with Crippen molar-refractivity contribution in [2.45, 2.75) is 12.5 Å². The number of methoxy groups -OCH3 is 1. The summed E-state index contributed by atoms with van der Waals surface area (Å²) >= 11 is 3.47. The molecule has 0 aliphatic carbocycles. The van der Waals surface area contributed by atoms with E-state index in [9.17, 15) is 4.79 Å². The van der Waals surface area contributed by atoms with Gasteiger partial charge in [-0.05, 0) is 30.3 Å². The number of amides is 1. The lowest BCUT2D eigenvalue weighted by Gasteiger charge is -2.27. The number of halogens is 1. The number of rotatable bonds is 3. The van der Waals surface area contributed by atoms with Crippen LogP contribution < -0.4 is 24.3 Å². The highest BCUT2D eigenvalue weighted by Gasteiger charge is 2.26. The van der Waals surface area contributed by atoms with E-state index >= 15 is 0 Å². The van der Waals surface area contributed by atoms with Crippen LogP contribution in [0.5, 0.6) is 23.0 Å². The van der Waals surface area contributed by atoms with Crippen LogP contribution in [0.25, 0.3) is 0 Å². The SMILES string of the molecule is COc1cc(C(=O)NC2CCOc3ccc(Br)cc32)cc2c1OCCO2. The molecule has 2 aliphatic rings. The molecule has 136 valence electrons. The summed E-state index contributed by atoms with van der Waals surface area (Å²) in [4.78, 5) is 12.8. The van der Waals surface area contributed by atoms with Crippen molar-refractivity contribution in [1.82, 2.24) is 5.32 Å². The van der Waals surface area contributed by atoms with Crippen LogP contribution in [0.1, 0.15) is 28.4 Å². The van der Waals surface area contributed by atoms with Crippen LogP contribution in [0.3, 0.4) is 0 Å². The number of benzene rings is 2. The third-order valence-corrected chi connectivity index (χ3v) is 4.90. The molecule has 1 unspecified atom stereocenters. The second-order valence-corrected chi connectivity index (χ2v) is 6.96. The molecule has 2 aromatic carbocycles. The second-order valence-electron chi connectivity index (χ2n) is 6.05. The Labute approximate surface area is 159 Å². The minimum Gasteiger partial charge on any atom is -0.493 e. The summed E-state index contributed by atoms with van der Waals surface area (Å²) in [6.45, 7) is 1.47. The van der Waals surface area contributed by atoms with Crippen LogP contribution in [0.4, 0.5) is 0 Å². The van der Waals surface area contributed by atoms with Crippen LogP contribution >= 0.6 is 15.9 Å². The maximum atomic E-state index is 12.8. The lowest BCUT2D eigenvalue weighted by molar-refractivity contribution is 0.0923. The molecule has 0 aromatic heterocycles. The van der Waals surface area contributed by atoms with Crippen molar-refractivity contribution in [3.63, 3.8) is 0 Å². The monoisotopic (exact) mass is 419 g/mol. The average molecular weight is 420 g/mol. The summed E-state index contributed by atoms with van der Waals surface area (Å²) in [5.41, 5.74) is 1.43. The minimum absolute atomic E-state index is 0.122. The van der Waals surface area contributed by atoms with Crippen LogP contribution in [0.15, 0.2) is 34.8 Å². The van der Waals surface area contributed by atoms with Gasteiger partial charge in [-0.15, -0.1) is 0 Å². The van der Waals surface area contributed by atoms with E-state index in [4.69, 9.17) is 18.9 Å². The maximum absolute atomic E-state index is 12.8. The van der Waals surface area contributed by atoms with Gasteiger partial charge in [0.05, 0.1) is 19.8 Å². The maximum Gasteiger partial charge on any atom is 0.252 e. The molecule has 6 nitrogen and oxygen atoms in total. The van der Waals surface area contributed by atoms with Crippen molar-refractivity contribution in [2.75, 3.05) is 26.9 Å². The van der Waals surface area contributed by atoms with Crippen molar-refractivity contribution < 1.29 is 23.7 Å². The summed E-state index contributed by atoms with van der Waals surface area (Å²) in [5, 5.41) is 3.08. The first-order chi connectivity index (χ1) is 12.7. The highest BCUT2D eigenvalue weighted by molar-refractivity contribution is 9.10. The molecule has 2 aromatic rings. The van der Waals surface area contributed by atoms with Crippen LogP contribution in [0, 0.1) is 0 Å². The Bertz CT molecular complexity index is 837. The number of carbonyl (C=O) groups is 1. The van der Waals surface area contributed by atoms with E-state index < -0.39 is 0 Å². The molecule has 26 heavy (non-hydrogen) atoms. The zero-order chi connectivity index (χ0) is 18.1. The fourth-order valence-corrected chi connectivity index (χ4v) is 3.54. The second kappa shape index (κ2) is 7.07. The Morgan fingerprint density at radius 2 is 1.92 bits per heavy atom. The summed E-state index contributed by atoms with van der Waals surface area (Å²) in [6.07, 6.45) is 0.705. The van der Waals surface area contributed by atoms with Gasteiger partial charge in [-0.3, -0.25) is 4.79 Å². The zero-order valence-electron chi connectivity index (χ0n) is 14.2. The fraction of sp³-hybridized carbons (Fsp3) is 0.316. The highest BCUT2D eigenvalue weighted by atomic mass is 79.9. The minimum atomic E-state index is -0.196. The van der Waals surface area contributed by atoms with Crippen molar-refractivity contribution in [3.05, 3.63) is 45.9 Å². The molecule has 2 aliphatic heterocycles.